The van der Waals surface area contributed by atoms with Gasteiger partial charge in [0.15, 0.2) is 0 Å². The van der Waals surface area contributed by atoms with Crippen LogP contribution in [-0.2, 0) is 16.0 Å². The van der Waals surface area contributed by atoms with Crippen molar-refractivity contribution in [3.63, 3.8) is 0 Å². The van der Waals surface area contributed by atoms with Gasteiger partial charge in [0.05, 0.1) is 0 Å². The fourth-order valence-electron chi connectivity index (χ4n) is 2.40. The van der Waals surface area contributed by atoms with Crippen LogP contribution >= 0.6 is 0 Å². The maximum atomic E-state index is 12.2. The summed E-state index contributed by atoms with van der Waals surface area (Å²) in [6, 6.07) is 18.7. The summed E-state index contributed by atoms with van der Waals surface area (Å²) in [5.74, 6) is -0.653. The normalized spacial score (nSPS) is 10.6. The molecule has 0 unspecified atom stereocenters. The number of carbonyl (C=O) groups excluding carboxylic acids is 2. The lowest BCUT2D eigenvalue weighted by Crippen LogP contribution is -2.17. The molecule has 0 bridgehead atoms. The summed E-state index contributed by atoms with van der Waals surface area (Å²) in [7, 11) is 0. The van der Waals surface area contributed by atoms with Crippen LogP contribution in [0.15, 0.2) is 66.4 Å². The Morgan fingerprint density at radius 1 is 1.00 bits per heavy atom. The predicted octanol–water partition coefficient (Wildman–Crippen LogP) is 3.21. The van der Waals surface area contributed by atoms with E-state index < -0.39 is 5.91 Å². The van der Waals surface area contributed by atoms with Gasteiger partial charge in [0.25, 0.3) is 5.91 Å². The lowest BCUT2D eigenvalue weighted by Gasteiger charge is -2.07. The van der Waals surface area contributed by atoms with Gasteiger partial charge in [0.1, 0.15) is 11.6 Å². The zero-order valence-electron chi connectivity index (χ0n) is 15.2. The maximum Gasteiger partial charge on any atom is 0.267 e. The van der Waals surface area contributed by atoms with Crippen molar-refractivity contribution in [3.8, 4) is 6.07 Å². The molecular weight excluding hydrogens is 340 g/mol. The van der Waals surface area contributed by atoms with Crippen LogP contribution in [0, 0.1) is 11.3 Å². The molecule has 0 spiro atoms. The van der Waals surface area contributed by atoms with Gasteiger partial charge < -0.3 is 16.0 Å². The summed E-state index contributed by atoms with van der Waals surface area (Å²) in [5.41, 5.74) is 2.43. The van der Waals surface area contributed by atoms with Gasteiger partial charge >= 0.3 is 0 Å². The van der Waals surface area contributed by atoms with Crippen LogP contribution in [0.5, 0.6) is 0 Å². The molecule has 0 radical (unpaired) electrons. The fourth-order valence-corrected chi connectivity index (χ4v) is 2.40. The molecule has 0 aliphatic carbocycles. The molecule has 2 rings (SSSR count). The molecule has 6 nitrogen and oxygen atoms in total. The maximum absolute atomic E-state index is 12.2. The van der Waals surface area contributed by atoms with Gasteiger partial charge in [-0.3, -0.25) is 9.59 Å². The first-order valence-electron chi connectivity index (χ1n) is 8.65. The molecule has 2 aromatic rings. The number of amides is 2. The number of hydrogen-bond donors (Lipinski definition) is 3. The Morgan fingerprint density at radius 3 is 2.22 bits per heavy atom. The van der Waals surface area contributed by atoms with Crippen LogP contribution in [0.1, 0.15) is 18.9 Å². The molecule has 138 valence electrons. The van der Waals surface area contributed by atoms with Crippen LogP contribution in [0.4, 0.5) is 11.4 Å². The largest absolute Gasteiger partial charge is 0.390 e. The minimum Gasteiger partial charge on any atom is -0.390 e. The highest BCUT2D eigenvalue weighted by molar-refractivity contribution is 6.06. The van der Waals surface area contributed by atoms with E-state index >= 15 is 0 Å². The molecule has 0 saturated heterocycles. The number of aryl methyl sites for hydroxylation is 1. The molecule has 0 fully saturated rings. The summed E-state index contributed by atoms with van der Waals surface area (Å²) in [6.45, 7) is 2.09. The van der Waals surface area contributed by atoms with Crippen molar-refractivity contribution in [3.05, 3.63) is 71.9 Å². The molecule has 0 aromatic heterocycles. The second-order valence-corrected chi connectivity index (χ2v) is 5.93. The average Bonchev–Trinajstić information content (AvgIpc) is 2.66. The predicted molar refractivity (Wildman–Crippen MR) is 106 cm³/mol. The number of carbonyl (C=O) groups is 2. The van der Waals surface area contributed by atoms with E-state index in [0.717, 1.165) is 12.8 Å². The van der Waals surface area contributed by atoms with Crippen LogP contribution in [0.3, 0.4) is 0 Å². The fraction of sp³-hybridized carbons (Fsp3) is 0.190. The Labute approximate surface area is 158 Å². The number of nitriles is 1. The van der Waals surface area contributed by atoms with Gasteiger partial charge in [-0.1, -0.05) is 30.3 Å². The molecule has 0 atom stereocenters. The average molecular weight is 362 g/mol. The van der Waals surface area contributed by atoms with E-state index in [9.17, 15) is 14.9 Å². The van der Waals surface area contributed by atoms with Crippen LogP contribution in [-0.4, -0.2) is 18.4 Å². The molecule has 0 heterocycles. The summed E-state index contributed by atoms with van der Waals surface area (Å²) >= 11 is 0. The minimum absolute atomic E-state index is 0.000601. The molecular formula is C21H22N4O2. The van der Waals surface area contributed by atoms with Crippen molar-refractivity contribution in [1.29, 1.82) is 5.26 Å². The first-order valence-corrected chi connectivity index (χ1v) is 8.65. The SMILES string of the molecule is CC(=O)Nc1ccc(NC(=O)/C(C#N)=C\NCCCc2ccccc2)cc1. The number of hydrogen-bond acceptors (Lipinski definition) is 4. The molecule has 6 heteroatoms. The molecule has 0 aliphatic rings. The van der Waals surface area contributed by atoms with Gasteiger partial charge in [0, 0.05) is 31.0 Å². The number of rotatable bonds is 8. The monoisotopic (exact) mass is 362 g/mol. The molecule has 2 amide bonds. The Hall–Kier alpha value is -3.59. The van der Waals surface area contributed by atoms with Crippen molar-refractivity contribution < 1.29 is 9.59 Å². The van der Waals surface area contributed by atoms with Gasteiger partial charge in [-0.05, 0) is 42.7 Å². The summed E-state index contributed by atoms with van der Waals surface area (Å²) in [6.07, 6.45) is 3.26. The quantitative estimate of drug-likeness (QED) is 0.382. The number of anilines is 2. The van der Waals surface area contributed by atoms with Crippen molar-refractivity contribution in [1.82, 2.24) is 5.32 Å². The van der Waals surface area contributed by atoms with E-state index in [1.165, 1.54) is 18.7 Å². The Balaban J connectivity index is 1.81. The number of nitrogens with zero attached hydrogens (tertiary/aromatic N) is 1. The van der Waals surface area contributed by atoms with Crippen LogP contribution in [0.2, 0.25) is 0 Å². The van der Waals surface area contributed by atoms with E-state index in [-0.39, 0.29) is 11.5 Å². The molecule has 0 aliphatic heterocycles. The number of nitrogens with one attached hydrogen (secondary N) is 3. The van der Waals surface area contributed by atoms with Crippen LogP contribution < -0.4 is 16.0 Å². The van der Waals surface area contributed by atoms with Gasteiger partial charge in [-0.25, -0.2) is 0 Å². The molecule has 3 N–H and O–H groups in total. The highest BCUT2D eigenvalue weighted by atomic mass is 16.2. The highest BCUT2D eigenvalue weighted by Crippen LogP contribution is 2.14. The van der Waals surface area contributed by atoms with E-state index in [1.54, 1.807) is 24.3 Å². The van der Waals surface area contributed by atoms with E-state index in [0.29, 0.717) is 17.9 Å². The zero-order valence-corrected chi connectivity index (χ0v) is 15.2. The van der Waals surface area contributed by atoms with E-state index in [4.69, 9.17) is 0 Å². The van der Waals surface area contributed by atoms with Crippen molar-refractivity contribution in [2.45, 2.75) is 19.8 Å². The van der Waals surface area contributed by atoms with E-state index in [1.807, 2.05) is 24.3 Å². The Bertz CT molecular complexity index is 837. The third kappa shape index (κ3) is 7.04. The van der Waals surface area contributed by atoms with Gasteiger partial charge in [-0.2, -0.15) is 5.26 Å². The summed E-state index contributed by atoms with van der Waals surface area (Å²) in [4.78, 5) is 23.2. The van der Waals surface area contributed by atoms with Crippen molar-refractivity contribution >= 4 is 23.2 Å². The first-order chi connectivity index (χ1) is 13.1. The third-order valence-corrected chi connectivity index (χ3v) is 3.70. The zero-order chi connectivity index (χ0) is 19.5. The molecule has 0 saturated carbocycles. The van der Waals surface area contributed by atoms with Crippen molar-refractivity contribution in [2.75, 3.05) is 17.2 Å². The van der Waals surface area contributed by atoms with Crippen molar-refractivity contribution in [2.24, 2.45) is 0 Å². The third-order valence-electron chi connectivity index (χ3n) is 3.70. The van der Waals surface area contributed by atoms with Gasteiger partial charge in [-0.15, -0.1) is 0 Å². The second kappa shape index (κ2) is 10.4. The minimum atomic E-state index is -0.486. The second-order valence-electron chi connectivity index (χ2n) is 5.93. The topological polar surface area (TPSA) is 94.0 Å². The lowest BCUT2D eigenvalue weighted by atomic mass is 10.1. The van der Waals surface area contributed by atoms with E-state index in [2.05, 4.69) is 28.1 Å². The number of benzene rings is 2. The standard InChI is InChI=1S/C21H22N4O2/c1-16(26)24-19-9-11-20(12-10-19)25-21(27)18(14-22)15-23-13-5-8-17-6-3-2-4-7-17/h2-4,6-7,9-12,15,23H,5,8,13H2,1H3,(H,24,26)(H,25,27)/b18-15-. The molecule has 27 heavy (non-hydrogen) atoms. The lowest BCUT2D eigenvalue weighted by molar-refractivity contribution is -0.114. The first kappa shape index (κ1) is 19.7. The van der Waals surface area contributed by atoms with Gasteiger partial charge in [0.2, 0.25) is 5.91 Å². The highest BCUT2D eigenvalue weighted by Gasteiger charge is 2.09. The summed E-state index contributed by atoms with van der Waals surface area (Å²) in [5, 5.41) is 17.5. The smallest absolute Gasteiger partial charge is 0.267 e. The summed E-state index contributed by atoms with van der Waals surface area (Å²) < 4.78 is 0. The van der Waals surface area contributed by atoms with Crippen LogP contribution in [0.25, 0.3) is 0 Å². The Morgan fingerprint density at radius 2 is 1.63 bits per heavy atom. The Kier molecular flexibility index (Phi) is 7.61. The molecule has 2 aromatic carbocycles.